The number of likely N-dealkylation sites (N-methyl/N-ethyl adjacent to an activating group) is 1. The Balaban J connectivity index is 1.45. The van der Waals surface area contributed by atoms with E-state index in [9.17, 15) is 4.79 Å². The van der Waals surface area contributed by atoms with E-state index in [1.807, 2.05) is 12.4 Å². The van der Waals surface area contributed by atoms with Crippen LogP contribution in [-0.2, 0) is 4.79 Å². The van der Waals surface area contributed by atoms with Crippen molar-refractivity contribution in [1.29, 1.82) is 0 Å². The van der Waals surface area contributed by atoms with Crippen LogP contribution in [-0.4, -0.2) is 73.1 Å². The highest BCUT2D eigenvalue weighted by atomic mass is 16.1. The first-order valence-corrected chi connectivity index (χ1v) is 10.9. The Morgan fingerprint density at radius 1 is 1.07 bits per heavy atom. The monoisotopic (exact) mass is 388 g/mol. The average Bonchev–Trinajstić information content (AvgIpc) is 2.74. The van der Waals surface area contributed by atoms with Gasteiger partial charge >= 0.3 is 0 Å². The molecule has 2 fully saturated rings. The number of rotatable bonds is 7. The second kappa shape index (κ2) is 10.0. The number of nitrogens with zero attached hydrogens (tertiary/aromatic N) is 5. The van der Waals surface area contributed by atoms with E-state index in [0.29, 0.717) is 5.92 Å². The molecule has 156 valence electrons. The highest BCUT2D eigenvalue weighted by Crippen LogP contribution is 2.23. The van der Waals surface area contributed by atoms with Crippen molar-refractivity contribution in [3.8, 4) is 0 Å². The summed E-state index contributed by atoms with van der Waals surface area (Å²) in [6.07, 6.45) is 6.72. The lowest BCUT2D eigenvalue weighted by Gasteiger charge is -2.35. The average molecular weight is 389 g/mol. The Labute approximate surface area is 169 Å². The highest BCUT2D eigenvalue weighted by molar-refractivity contribution is 5.78. The largest absolute Gasteiger partial charge is 0.369 e. The fraction of sp³-hybridized carbons (Fsp3) is 0.762. The summed E-state index contributed by atoms with van der Waals surface area (Å²) in [5.41, 5.74) is 1.06. The number of carbonyl (C=O) groups excluding carboxylic acids is 1. The molecule has 1 N–H and O–H groups in total. The molecule has 0 saturated carbocycles. The van der Waals surface area contributed by atoms with Crippen LogP contribution in [0.15, 0.2) is 12.4 Å². The summed E-state index contributed by atoms with van der Waals surface area (Å²) in [7, 11) is 0. The molecule has 0 aromatic carbocycles. The molecular formula is C21H36N6O. The van der Waals surface area contributed by atoms with Gasteiger partial charge in [-0.1, -0.05) is 20.8 Å². The number of aromatic nitrogens is 2. The zero-order valence-electron chi connectivity index (χ0n) is 17.7. The molecule has 2 saturated heterocycles. The normalized spacial score (nSPS) is 19.3. The van der Waals surface area contributed by atoms with E-state index in [1.165, 1.54) is 0 Å². The number of hydrogen-bond donors (Lipinski definition) is 1. The van der Waals surface area contributed by atoms with Crippen LogP contribution in [0.25, 0.3) is 0 Å². The minimum atomic E-state index is 0.137. The summed E-state index contributed by atoms with van der Waals surface area (Å²) in [6, 6.07) is 0. The summed E-state index contributed by atoms with van der Waals surface area (Å²) in [5, 5.41) is 3.10. The van der Waals surface area contributed by atoms with Crippen molar-refractivity contribution in [1.82, 2.24) is 20.2 Å². The first kappa shape index (κ1) is 20.8. The van der Waals surface area contributed by atoms with E-state index in [1.54, 1.807) is 0 Å². The Morgan fingerprint density at radius 3 is 2.29 bits per heavy atom. The number of piperazine rings is 1. The molecule has 1 amide bonds. The van der Waals surface area contributed by atoms with Crippen LogP contribution in [0.1, 0.15) is 40.0 Å². The van der Waals surface area contributed by atoms with Gasteiger partial charge in [-0.25, -0.2) is 9.97 Å². The number of hydrogen-bond acceptors (Lipinski definition) is 6. The van der Waals surface area contributed by atoms with Gasteiger partial charge in [0.1, 0.15) is 0 Å². The fourth-order valence-electron chi connectivity index (χ4n) is 3.93. The maximum absolute atomic E-state index is 12.3. The molecule has 1 aromatic heterocycles. The van der Waals surface area contributed by atoms with Crippen LogP contribution < -0.4 is 15.1 Å². The lowest BCUT2D eigenvalue weighted by molar-refractivity contribution is -0.125. The van der Waals surface area contributed by atoms with Crippen LogP contribution in [0.2, 0.25) is 0 Å². The summed E-state index contributed by atoms with van der Waals surface area (Å²) < 4.78 is 0. The van der Waals surface area contributed by atoms with Gasteiger partial charge in [-0.15, -0.1) is 0 Å². The molecule has 7 nitrogen and oxygen atoms in total. The van der Waals surface area contributed by atoms with Crippen LogP contribution >= 0.6 is 0 Å². The van der Waals surface area contributed by atoms with Crippen molar-refractivity contribution >= 4 is 17.5 Å². The lowest BCUT2D eigenvalue weighted by Crippen LogP contribution is -2.46. The number of anilines is 2. The molecule has 0 unspecified atom stereocenters. The number of carbonyl (C=O) groups is 1. The maximum Gasteiger partial charge on any atom is 0.225 e. The molecule has 1 aromatic rings. The summed E-state index contributed by atoms with van der Waals surface area (Å²) in [4.78, 5) is 28.6. The molecule has 2 aliphatic rings. The second-order valence-corrected chi connectivity index (χ2v) is 8.40. The lowest BCUT2D eigenvalue weighted by atomic mass is 9.95. The molecule has 0 aliphatic carbocycles. The van der Waals surface area contributed by atoms with Gasteiger partial charge in [-0.05, 0) is 31.7 Å². The third-order valence-electron chi connectivity index (χ3n) is 5.98. The van der Waals surface area contributed by atoms with Gasteiger partial charge in [0.25, 0.3) is 0 Å². The molecule has 0 spiro atoms. The van der Waals surface area contributed by atoms with E-state index in [2.05, 4.69) is 50.8 Å². The summed E-state index contributed by atoms with van der Waals surface area (Å²) in [6.45, 7) is 14.4. The molecule has 0 atom stereocenters. The molecular weight excluding hydrogens is 352 g/mol. The molecule has 7 heteroatoms. The Morgan fingerprint density at radius 2 is 1.71 bits per heavy atom. The first-order valence-electron chi connectivity index (χ1n) is 10.9. The quantitative estimate of drug-likeness (QED) is 0.771. The molecule has 3 rings (SSSR count). The molecule has 28 heavy (non-hydrogen) atoms. The minimum absolute atomic E-state index is 0.137. The second-order valence-electron chi connectivity index (χ2n) is 8.40. The van der Waals surface area contributed by atoms with Gasteiger partial charge in [0.15, 0.2) is 0 Å². The van der Waals surface area contributed by atoms with E-state index >= 15 is 0 Å². The van der Waals surface area contributed by atoms with Gasteiger partial charge in [0.05, 0.1) is 18.1 Å². The van der Waals surface area contributed by atoms with Gasteiger partial charge < -0.3 is 20.0 Å². The molecule has 0 radical (unpaired) electrons. The van der Waals surface area contributed by atoms with E-state index in [-0.39, 0.29) is 11.8 Å². The number of nitrogens with one attached hydrogen (secondary N) is 1. The van der Waals surface area contributed by atoms with Gasteiger partial charge in [0, 0.05) is 51.7 Å². The predicted octanol–water partition coefficient (Wildman–Crippen LogP) is 2.00. The van der Waals surface area contributed by atoms with Crippen LogP contribution in [0.3, 0.4) is 0 Å². The fourth-order valence-corrected chi connectivity index (χ4v) is 3.93. The molecule has 0 bridgehead atoms. The smallest absolute Gasteiger partial charge is 0.225 e. The Kier molecular flexibility index (Phi) is 7.48. The van der Waals surface area contributed by atoms with Crippen molar-refractivity contribution in [2.24, 2.45) is 11.8 Å². The van der Waals surface area contributed by atoms with E-state index in [4.69, 9.17) is 0 Å². The van der Waals surface area contributed by atoms with Crippen LogP contribution in [0.4, 0.5) is 11.6 Å². The zero-order valence-corrected chi connectivity index (χ0v) is 17.7. The van der Waals surface area contributed by atoms with Gasteiger partial charge in [0.2, 0.25) is 11.9 Å². The molecule has 3 heterocycles. The SMILES string of the molecule is CCN1CCN(c2ncc(N3CCC(C(=O)NCCC(C)C)CC3)cn2)CC1. The number of piperidine rings is 1. The van der Waals surface area contributed by atoms with Crippen molar-refractivity contribution < 1.29 is 4.79 Å². The maximum atomic E-state index is 12.3. The third kappa shape index (κ3) is 5.56. The number of amides is 1. The van der Waals surface area contributed by atoms with E-state index < -0.39 is 0 Å². The summed E-state index contributed by atoms with van der Waals surface area (Å²) >= 11 is 0. The first-order chi connectivity index (χ1) is 13.6. The standard InChI is InChI=1S/C21H36N6O/c1-4-25-11-13-27(14-12-25)21-23-15-19(16-24-21)26-9-6-18(7-10-26)20(28)22-8-5-17(2)3/h15-18H,4-14H2,1-3H3,(H,22,28). The zero-order chi connectivity index (χ0) is 19.9. The summed E-state index contributed by atoms with van der Waals surface area (Å²) in [5.74, 6) is 1.82. The van der Waals surface area contributed by atoms with Crippen LogP contribution in [0.5, 0.6) is 0 Å². The van der Waals surface area contributed by atoms with Crippen molar-refractivity contribution in [2.75, 3.05) is 62.2 Å². The Bertz CT molecular complexity index is 604. The minimum Gasteiger partial charge on any atom is -0.369 e. The van der Waals surface area contributed by atoms with Gasteiger partial charge in [-0.2, -0.15) is 0 Å². The predicted molar refractivity (Wildman–Crippen MR) is 114 cm³/mol. The van der Waals surface area contributed by atoms with Crippen LogP contribution in [0, 0.1) is 11.8 Å². The third-order valence-corrected chi connectivity index (χ3v) is 5.98. The van der Waals surface area contributed by atoms with Crippen molar-refractivity contribution in [3.63, 3.8) is 0 Å². The van der Waals surface area contributed by atoms with Crippen molar-refractivity contribution in [2.45, 2.75) is 40.0 Å². The van der Waals surface area contributed by atoms with E-state index in [0.717, 1.165) is 83.3 Å². The van der Waals surface area contributed by atoms with Crippen molar-refractivity contribution in [3.05, 3.63) is 12.4 Å². The van der Waals surface area contributed by atoms with Gasteiger partial charge in [-0.3, -0.25) is 4.79 Å². The molecule has 2 aliphatic heterocycles. The Hall–Kier alpha value is -1.89. The topological polar surface area (TPSA) is 64.6 Å². The highest BCUT2D eigenvalue weighted by Gasteiger charge is 2.25.